The summed E-state index contributed by atoms with van der Waals surface area (Å²) in [5.41, 5.74) is 0.385. The molecule has 1 aliphatic rings. The lowest BCUT2D eigenvalue weighted by atomic mass is 9.98. The van der Waals surface area contributed by atoms with E-state index in [-0.39, 0.29) is 18.0 Å². The molecule has 1 fully saturated rings. The molecule has 1 aliphatic heterocycles. The molecule has 1 heterocycles. The van der Waals surface area contributed by atoms with Gasteiger partial charge < -0.3 is 19.1 Å². The van der Waals surface area contributed by atoms with Crippen LogP contribution in [0.5, 0.6) is 5.75 Å². The Balaban J connectivity index is 1.72. The third-order valence-electron chi connectivity index (χ3n) is 4.23. The first-order valence-corrected chi connectivity index (χ1v) is 9.23. The molecule has 0 aliphatic carbocycles. The van der Waals surface area contributed by atoms with Gasteiger partial charge in [-0.05, 0) is 63.3 Å². The number of hydrogen-bond donors (Lipinski definition) is 0. The number of carbonyl (C=O) groups is 2. The van der Waals surface area contributed by atoms with E-state index in [1.165, 1.54) is 6.08 Å². The maximum Gasteiger partial charge on any atom is 0.410 e. The predicted molar refractivity (Wildman–Crippen MR) is 104 cm³/mol. The van der Waals surface area contributed by atoms with Crippen LogP contribution >= 0.6 is 0 Å². The van der Waals surface area contributed by atoms with Gasteiger partial charge in [0.2, 0.25) is 0 Å². The van der Waals surface area contributed by atoms with Crippen molar-refractivity contribution in [3.63, 3.8) is 0 Å². The van der Waals surface area contributed by atoms with Crippen molar-refractivity contribution in [2.24, 2.45) is 5.92 Å². The van der Waals surface area contributed by atoms with Gasteiger partial charge in [-0.1, -0.05) is 12.1 Å². The Bertz CT molecular complexity index is 669. The normalized spacial score (nSPS) is 15.6. The summed E-state index contributed by atoms with van der Waals surface area (Å²) in [6.45, 7) is 7.18. The lowest BCUT2D eigenvalue weighted by molar-refractivity contribution is -0.139. The van der Waals surface area contributed by atoms with Crippen LogP contribution in [0.3, 0.4) is 0 Å². The highest BCUT2D eigenvalue weighted by atomic mass is 16.6. The minimum atomic E-state index is -0.488. The number of nitrogens with zero attached hydrogens (tertiary/aromatic N) is 1. The number of methoxy groups -OCH3 is 1. The fraction of sp³-hybridized carbons (Fsp3) is 0.524. The SMILES string of the molecule is COc1cccc(/C=C\C(=O)OCC2CCN(C(=O)OC(C)(C)C)CC2)c1. The Labute approximate surface area is 161 Å². The summed E-state index contributed by atoms with van der Waals surface area (Å²) >= 11 is 0. The molecule has 1 aromatic carbocycles. The Morgan fingerprint density at radius 3 is 2.56 bits per heavy atom. The van der Waals surface area contributed by atoms with Crippen LogP contribution in [0, 0.1) is 5.92 Å². The van der Waals surface area contributed by atoms with E-state index in [0.717, 1.165) is 24.2 Å². The van der Waals surface area contributed by atoms with Crippen LogP contribution in [0.1, 0.15) is 39.2 Å². The van der Waals surface area contributed by atoms with E-state index >= 15 is 0 Å². The Hall–Kier alpha value is -2.50. The first-order valence-electron chi connectivity index (χ1n) is 9.23. The topological polar surface area (TPSA) is 65.1 Å². The van der Waals surface area contributed by atoms with Crippen molar-refractivity contribution >= 4 is 18.1 Å². The van der Waals surface area contributed by atoms with Crippen LogP contribution in [-0.4, -0.2) is 49.4 Å². The molecule has 27 heavy (non-hydrogen) atoms. The fourth-order valence-corrected chi connectivity index (χ4v) is 2.77. The monoisotopic (exact) mass is 375 g/mol. The number of piperidine rings is 1. The standard InChI is InChI=1S/C21H29NO5/c1-21(2,3)27-20(24)22-12-10-17(11-13-22)15-26-19(23)9-8-16-6-5-7-18(14-16)25-4/h5-9,14,17H,10-13,15H2,1-4H3/b9-8-. The Kier molecular flexibility index (Phi) is 7.28. The molecule has 0 aromatic heterocycles. The summed E-state index contributed by atoms with van der Waals surface area (Å²) in [4.78, 5) is 25.7. The smallest absolute Gasteiger partial charge is 0.410 e. The zero-order valence-corrected chi connectivity index (χ0v) is 16.6. The molecule has 6 nitrogen and oxygen atoms in total. The van der Waals surface area contributed by atoms with Gasteiger partial charge in [-0.3, -0.25) is 0 Å². The largest absolute Gasteiger partial charge is 0.497 e. The first-order chi connectivity index (χ1) is 12.8. The van der Waals surface area contributed by atoms with Crippen molar-refractivity contribution in [3.05, 3.63) is 35.9 Å². The van der Waals surface area contributed by atoms with E-state index < -0.39 is 5.60 Å². The fourth-order valence-electron chi connectivity index (χ4n) is 2.77. The summed E-state index contributed by atoms with van der Waals surface area (Å²) in [5, 5.41) is 0. The predicted octanol–water partition coefficient (Wildman–Crippen LogP) is 3.90. The molecule has 1 saturated heterocycles. The van der Waals surface area contributed by atoms with Crippen molar-refractivity contribution < 1.29 is 23.8 Å². The number of benzene rings is 1. The minimum Gasteiger partial charge on any atom is -0.497 e. The second-order valence-electron chi connectivity index (χ2n) is 7.65. The lowest BCUT2D eigenvalue weighted by Gasteiger charge is -2.33. The van der Waals surface area contributed by atoms with Gasteiger partial charge in [-0.15, -0.1) is 0 Å². The molecule has 6 heteroatoms. The van der Waals surface area contributed by atoms with E-state index in [9.17, 15) is 9.59 Å². The van der Waals surface area contributed by atoms with E-state index in [2.05, 4.69) is 0 Å². The molecule has 1 amide bonds. The molecule has 2 rings (SSSR count). The summed E-state index contributed by atoms with van der Waals surface area (Å²) < 4.78 is 15.9. The third kappa shape index (κ3) is 7.33. The number of rotatable bonds is 5. The summed E-state index contributed by atoms with van der Waals surface area (Å²) in [6, 6.07) is 7.44. The van der Waals surface area contributed by atoms with Crippen molar-refractivity contribution in [1.82, 2.24) is 4.90 Å². The van der Waals surface area contributed by atoms with Crippen LogP contribution in [0.4, 0.5) is 4.79 Å². The molecule has 0 unspecified atom stereocenters. The van der Waals surface area contributed by atoms with Crippen molar-refractivity contribution in [2.45, 2.75) is 39.2 Å². The van der Waals surface area contributed by atoms with Crippen LogP contribution in [-0.2, 0) is 14.3 Å². The van der Waals surface area contributed by atoms with Crippen molar-refractivity contribution in [1.29, 1.82) is 0 Å². The molecule has 0 saturated carbocycles. The van der Waals surface area contributed by atoms with E-state index in [1.54, 1.807) is 18.1 Å². The molecule has 148 valence electrons. The van der Waals surface area contributed by atoms with Crippen molar-refractivity contribution in [2.75, 3.05) is 26.8 Å². The second-order valence-corrected chi connectivity index (χ2v) is 7.65. The van der Waals surface area contributed by atoms with Gasteiger partial charge in [0.15, 0.2) is 0 Å². The van der Waals surface area contributed by atoms with Crippen LogP contribution in [0.2, 0.25) is 0 Å². The second kappa shape index (κ2) is 9.44. The lowest BCUT2D eigenvalue weighted by Crippen LogP contribution is -2.42. The maximum atomic E-state index is 12.1. The molecular formula is C21H29NO5. The highest BCUT2D eigenvalue weighted by Crippen LogP contribution is 2.20. The minimum absolute atomic E-state index is 0.262. The number of carbonyl (C=O) groups excluding carboxylic acids is 2. The van der Waals surface area contributed by atoms with E-state index in [4.69, 9.17) is 14.2 Å². The number of likely N-dealkylation sites (tertiary alicyclic amines) is 1. The Morgan fingerprint density at radius 1 is 1.22 bits per heavy atom. The average molecular weight is 375 g/mol. The number of amides is 1. The van der Waals surface area contributed by atoms with Crippen LogP contribution < -0.4 is 4.74 Å². The summed E-state index contributed by atoms with van der Waals surface area (Å²) in [5.74, 6) is 0.632. The van der Waals surface area contributed by atoms with E-state index in [1.807, 2.05) is 45.0 Å². The van der Waals surface area contributed by atoms with Gasteiger partial charge in [-0.25, -0.2) is 9.59 Å². The third-order valence-corrected chi connectivity index (χ3v) is 4.23. The first kappa shape index (κ1) is 20.8. The summed E-state index contributed by atoms with van der Waals surface area (Å²) in [7, 11) is 1.60. The van der Waals surface area contributed by atoms with E-state index in [0.29, 0.717) is 19.7 Å². The van der Waals surface area contributed by atoms with Crippen LogP contribution in [0.25, 0.3) is 6.08 Å². The van der Waals surface area contributed by atoms with Gasteiger partial charge in [-0.2, -0.15) is 0 Å². The number of ether oxygens (including phenoxy) is 3. The maximum absolute atomic E-state index is 12.1. The molecule has 0 radical (unpaired) electrons. The number of hydrogen-bond acceptors (Lipinski definition) is 5. The van der Waals surface area contributed by atoms with Gasteiger partial charge in [0.25, 0.3) is 0 Å². The quantitative estimate of drug-likeness (QED) is 0.577. The zero-order chi connectivity index (χ0) is 19.9. The van der Waals surface area contributed by atoms with Gasteiger partial charge in [0.05, 0.1) is 13.7 Å². The van der Waals surface area contributed by atoms with Crippen LogP contribution in [0.15, 0.2) is 30.3 Å². The summed E-state index contributed by atoms with van der Waals surface area (Å²) in [6.07, 6.45) is 4.44. The molecule has 0 bridgehead atoms. The molecule has 0 atom stereocenters. The Morgan fingerprint density at radius 2 is 1.93 bits per heavy atom. The highest BCUT2D eigenvalue weighted by molar-refractivity contribution is 5.87. The van der Waals surface area contributed by atoms with Gasteiger partial charge in [0.1, 0.15) is 11.4 Å². The van der Waals surface area contributed by atoms with Crippen molar-refractivity contribution in [3.8, 4) is 5.75 Å². The molecule has 1 aromatic rings. The highest BCUT2D eigenvalue weighted by Gasteiger charge is 2.27. The molecule has 0 N–H and O–H groups in total. The molecular weight excluding hydrogens is 346 g/mol. The van der Waals surface area contributed by atoms with Gasteiger partial charge in [0, 0.05) is 19.2 Å². The average Bonchev–Trinajstić information content (AvgIpc) is 2.64. The zero-order valence-electron chi connectivity index (χ0n) is 16.6. The van der Waals surface area contributed by atoms with Gasteiger partial charge >= 0.3 is 12.1 Å². The molecule has 0 spiro atoms. The number of esters is 1.